The minimum atomic E-state index is 0.211. The Labute approximate surface area is 114 Å². The number of ether oxygens (including phenoxy) is 1. The van der Waals surface area contributed by atoms with Crippen molar-refractivity contribution in [1.82, 2.24) is 4.98 Å². The summed E-state index contributed by atoms with van der Waals surface area (Å²) in [7, 11) is 0. The zero-order chi connectivity index (χ0) is 13.7. The Balaban J connectivity index is 1.91. The molecular weight excluding hydrogens is 236 g/mol. The first-order valence-corrected chi connectivity index (χ1v) is 6.55. The number of pyridine rings is 1. The summed E-state index contributed by atoms with van der Waals surface area (Å²) in [6, 6.07) is 12.2. The Kier molecular flexibility index (Phi) is 4.39. The predicted molar refractivity (Wildman–Crippen MR) is 78.5 cm³/mol. The molecule has 1 N–H and O–H groups in total. The maximum Gasteiger partial charge on any atom is 0.119 e. The molecule has 0 aliphatic rings. The maximum atomic E-state index is 5.61. The van der Waals surface area contributed by atoms with Crippen LogP contribution in [0.4, 0.5) is 5.69 Å². The van der Waals surface area contributed by atoms with Gasteiger partial charge in [-0.25, -0.2) is 0 Å². The second kappa shape index (κ2) is 6.23. The predicted octanol–water partition coefficient (Wildman–Crippen LogP) is 3.79. The average Bonchev–Trinajstić information content (AvgIpc) is 2.39. The van der Waals surface area contributed by atoms with E-state index in [4.69, 9.17) is 4.74 Å². The number of nitrogens with one attached hydrogen (secondary N) is 1. The van der Waals surface area contributed by atoms with Crippen molar-refractivity contribution < 1.29 is 4.74 Å². The van der Waals surface area contributed by atoms with Crippen molar-refractivity contribution in [3.05, 3.63) is 53.9 Å². The number of aromatic nitrogens is 1. The molecular formula is C16H20N2O. The summed E-state index contributed by atoms with van der Waals surface area (Å²) in [6.45, 7) is 6.82. The molecule has 1 heterocycles. The molecule has 0 spiro atoms. The normalized spacial score (nSPS) is 10.5. The summed E-state index contributed by atoms with van der Waals surface area (Å²) in [6.07, 6.45) is 2.06. The first-order chi connectivity index (χ1) is 9.13. The molecule has 3 heteroatoms. The van der Waals surface area contributed by atoms with E-state index in [0.717, 1.165) is 23.7 Å². The molecule has 1 aromatic heterocycles. The third-order valence-corrected chi connectivity index (χ3v) is 2.70. The minimum Gasteiger partial charge on any atom is -0.491 e. The molecule has 100 valence electrons. The van der Waals surface area contributed by atoms with Crippen molar-refractivity contribution in [3.63, 3.8) is 0 Å². The van der Waals surface area contributed by atoms with Gasteiger partial charge >= 0.3 is 0 Å². The van der Waals surface area contributed by atoms with Gasteiger partial charge in [0.15, 0.2) is 0 Å². The van der Waals surface area contributed by atoms with E-state index in [2.05, 4.69) is 22.4 Å². The molecule has 0 radical (unpaired) electrons. The van der Waals surface area contributed by atoms with Crippen LogP contribution < -0.4 is 10.1 Å². The highest BCUT2D eigenvalue weighted by atomic mass is 16.5. The number of benzene rings is 1. The van der Waals surface area contributed by atoms with Crippen LogP contribution in [0.1, 0.15) is 25.1 Å². The van der Waals surface area contributed by atoms with Crippen molar-refractivity contribution in [1.29, 1.82) is 0 Å². The van der Waals surface area contributed by atoms with Gasteiger partial charge in [0.1, 0.15) is 5.75 Å². The van der Waals surface area contributed by atoms with Gasteiger partial charge in [-0.15, -0.1) is 0 Å². The van der Waals surface area contributed by atoms with Crippen LogP contribution in [0, 0.1) is 6.92 Å². The Morgan fingerprint density at radius 3 is 2.42 bits per heavy atom. The Bertz CT molecular complexity index is 503. The van der Waals surface area contributed by atoms with E-state index in [1.165, 1.54) is 5.56 Å². The summed E-state index contributed by atoms with van der Waals surface area (Å²) in [5.41, 5.74) is 3.28. The van der Waals surface area contributed by atoms with E-state index in [9.17, 15) is 0 Å². The fourth-order valence-electron chi connectivity index (χ4n) is 1.73. The monoisotopic (exact) mass is 256 g/mol. The van der Waals surface area contributed by atoms with Crippen molar-refractivity contribution in [3.8, 4) is 5.75 Å². The molecule has 0 aliphatic heterocycles. The number of anilines is 1. The van der Waals surface area contributed by atoms with Gasteiger partial charge in [-0.1, -0.05) is 12.1 Å². The summed E-state index contributed by atoms with van der Waals surface area (Å²) in [4.78, 5) is 4.26. The van der Waals surface area contributed by atoms with Gasteiger partial charge in [0.2, 0.25) is 0 Å². The largest absolute Gasteiger partial charge is 0.491 e. The second-order valence-corrected chi connectivity index (χ2v) is 4.85. The second-order valence-electron chi connectivity index (χ2n) is 4.85. The molecule has 0 saturated carbocycles. The van der Waals surface area contributed by atoms with Crippen LogP contribution >= 0.6 is 0 Å². The summed E-state index contributed by atoms with van der Waals surface area (Å²) in [5, 5.41) is 3.35. The van der Waals surface area contributed by atoms with E-state index in [1.54, 1.807) is 0 Å². The Morgan fingerprint density at radius 2 is 1.84 bits per heavy atom. The molecule has 0 unspecified atom stereocenters. The summed E-state index contributed by atoms with van der Waals surface area (Å²) < 4.78 is 5.61. The molecule has 1 aromatic carbocycles. The molecule has 0 bridgehead atoms. The van der Waals surface area contributed by atoms with Gasteiger partial charge in [0.05, 0.1) is 18.0 Å². The summed E-state index contributed by atoms with van der Waals surface area (Å²) in [5.74, 6) is 0.913. The van der Waals surface area contributed by atoms with Crippen molar-refractivity contribution in [2.75, 3.05) is 5.32 Å². The molecule has 0 saturated heterocycles. The van der Waals surface area contributed by atoms with Gasteiger partial charge in [0, 0.05) is 12.2 Å². The molecule has 3 nitrogen and oxygen atoms in total. The molecule has 0 fully saturated rings. The van der Waals surface area contributed by atoms with Crippen LogP contribution in [0.3, 0.4) is 0 Å². The van der Waals surface area contributed by atoms with E-state index in [-0.39, 0.29) is 6.10 Å². The maximum absolute atomic E-state index is 5.61. The van der Waals surface area contributed by atoms with Crippen LogP contribution in [-0.4, -0.2) is 11.1 Å². The van der Waals surface area contributed by atoms with Crippen LogP contribution in [0.2, 0.25) is 0 Å². The number of rotatable bonds is 5. The van der Waals surface area contributed by atoms with E-state index < -0.39 is 0 Å². The number of hydrogen-bond acceptors (Lipinski definition) is 3. The minimum absolute atomic E-state index is 0.211. The first-order valence-electron chi connectivity index (χ1n) is 6.55. The SMILES string of the molecule is Cc1ccc(NCc2ccc(OC(C)C)cc2)cn1. The fourth-order valence-corrected chi connectivity index (χ4v) is 1.73. The van der Waals surface area contributed by atoms with Crippen molar-refractivity contribution in [2.24, 2.45) is 0 Å². The van der Waals surface area contributed by atoms with Gasteiger partial charge < -0.3 is 10.1 Å². The lowest BCUT2D eigenvalue weighted by Gasteiger charge is -2.11. The smallest absolute Gasteiger partial charge is 0.119 e. The van der Waals surface area contributed by atoms with Crippen molar-refractivity contribution >= 4 is 5.69 Å². The van der Waals surface area contributed by atoms with Gasteiger partial charge in [-0.05, 0) is 50.6 Å². The lowest BCUT2D eigenvalue weighted by molar-refractivity contribution is 0.242. The Morgan fingerprint density at radius 1 is 1.11 bits per heavy atom. The van der Waals surface area contributed by atoms with E-state index in [1.807, 2.05) is 51.2 Å². The molecule has 2 aromatic rings. The zero-order valence-electron chi connectivity index (χ0n) is 11.7. The third-order valence-electron chi connectivity index (χ3n) is 2.70. The van der Waals surface area contributed by atoms with E-state index >= 15 is 0 Å². The van der Waals surface area contributed by atoms with Crippen LogP contribution in [-0.2, 0) is 6.54 Å². The number of aryl methyl sites for hydroxylation is 1. The molecule has 2 rings (SSSR count). The Hall–Kier alpha value is -2.03. The highest BCUT2D eigenvalue weighted by Crippen LogP contribution is 2.15. The van der Waals surface area contributed by atoms with Crippen LogP contribution in [0.25, 0.3) is 0 Å². The topological polar surface area (TPSA) is 34.1 Å². The quantitative estimate of drug-likeness (QED) is 0.883. The van der Waals surface area contributed by atoms with Crippen LogP contribution in [0.5, 0.6) is 5.75 Å². The average molecular weight is 256 g/mol. The highest BCUT2D eigenvalue weighted by molar-refractivity contribution is 5.42. The number of hydrogen-bond donors (Lipinski definition) is 1. The molecule has 0 aliphatic carbocycles. The first kappa shape index (κ1) is 13.4. The third kappa shape index (κ3) is 4.28. The van der Waals surface area contributed by atoms with Crippen LogP contribution in [0.15, 0.2) is 42.6 Å². The molecule has 0 amide bonds. The van der Waals surface area contributed by atoms with Gasteiger partial charge in [0.25, 0.3) is 0 Å². The van der Waals surface area contributed by atoms with Crippen molar-refractivity contribution in [2.45, 2.75) is 33.4 Å². The zero-order valence-corrected chi connectivity index (χ0v) is 11.7. The standard InChI is InChI=1S/C16H20N2O/c1-12(2)19-16-8-5-14(6-9-16)10-18-15-7-4-13(3)17-11-15/h4-9,11-12,18H,10H2,1-3H3. The van der Waals surface area contributed by atoms with E-state index in [0.29, 0.717) is 0 Å². The molecule has 19 heavy (non-hydrogen) atoms. The number of nitrogens with zero attached hydrogens (tertiary/aromatic N) is 1. The molecule has 0 atom stereocenters. The lowest BCUT2D eigenvalue weighted by atomic mass is 10.2. The van der Waals surface area contributed by atoms with Gasteiger partial charge in [-0.3, -0.25) is 4.98 Å². The highest BCUT2D eigenvalue weighted by Gasteiger charge is 1.98. The summed E-state index contributed by atoms with van der Waals surface area (Å²) >= 11 is 0. The lowest BCUT2D eigenvalue weighted by Crippen LogP contribution is -2.05. The van der Waals surface area contributed by atoms with Gasteiger partial charge in [-0.2, -0.15) is 0 Å². The fraction of sp³-hybridized carbons (Fsp3) is 0.312.